The summed E-state index contributed by atoms with van der Waals surface area (Å²) in [6, 6.07) is 5.31. The molecule has 2 rings (SSSR count). The van der Waals surface area contributed by atoms with Gasteiger partial charge in [-0.05, 0) is 36.8 Å². The zero-order chi connectivity index (χ0) is 15.1. The summed E-state index contributed by atoms with van der Waals surface area (Å²) in [7, 11) is 0. The topological polar surface area (TPSA) is 49.3 Å². The molecule has 2 N–H and O–H groups in total. The van der Waals surface area contributed by atoms with Crippen molar-refractivity contribution in [2.24, 2.45) is 0 Å². The molecule has 1 aromatic carbocycles. The molecule has 21 heavy (non-hydrogen) atoms. The molecule has 1 heterocycles. The van der Waals surface area contributed by atoms with Gasteiger partial charge in [0.15, 0.2) is 0 Å². The third-order valence-corrected chi connectivity index (χ3v) is 4.87. The molecule has 1 aliphatic rings. The number of carbonyl (C=O) groups is 1. The maximum Gasteiger partial charge on any atom is 0.237 e. The number of carbonyl (C=O) groups excluding carboxylic acids is 1. The Labute approximate surface area is 134 Å². The molecule has 5 heteroatoms. The number of amides is 1. The first-order valence-electron chi connectivity index (χ1n) is 7.02. The van der Waals surface area contributed by atoms with Crippen molar-refractivity contribution in [3.63, 3.8) is 0 Å². The standard InChI is InChI=1S/C16H18ClNO2S/c17-13-8-7-12(5-1-3-9-19)11-14(13)18-16(20)15-6-2-4-10-21-15/h7-8,11,15,19H,2-4,6,9-10H2,(H,18,20). The number of hydrogen-bond acceptors (Lipinski definition) is 3. The second-order valence-electron chi connectivity index (χ2n) is 4.81. The van der Waals surface area contributed by atoms with Crippen molar-refractivity contribution >= 4 is 35.0 Å². The molecule has 1 atom stereocenters. The molecular weight excluding hydrogens is 306 g/mol. The molecule has 0 saturated carbocycles. The Balaban J connectivity index is 2.06. The minimum Gasteiger partial charge on any atom is -0.395 e. The maximum atomic E-state index is 12.2. The first-order valence-corrected chi connectivity index (χ1v) is 8.45. The van der Waals surface area contributed by atoms with Gasteiger partial charge in [-0.1, -0.05) is 29.9 Å². The number of aliphatic hydroxyl groups excluding tert-OH is 1. The van der Waals surface area contributed by atoms with E-state index in [0.717, 1.165) is 24.2 Å². The van der Waals surface area contributed by atoms with Gasteiger partial charge >= 0.3 is 0 Å². The van der Waals surface area contributed by atoms with Gasteiger partial charge in [-0.15, -0.1) is 11.8 Å². The van der Waals surface area contributed by atoms with Gasteiger partial charge in [0.25, 0.3) is 0 Å². The highest BCUT2D eigenvalue weighted by atomic mass is 35.5. The molecule has 0 radical (unpaired) electrons. The Morgan fingerprint density at radius 3 is 3.05 bits per heavy atom. The predicted molar refractivity (Wildman–Crippen MR) is 88.8 cm³/mol. The highest BCUT2D eigenvalue weighted by Crippen LogP contribution is 2.28. The van der Waals surface area contributed by atoms with E-state index >= 15 is 0 Å². The van der Waals surface area contributed by atoms with Crippen LogP contribution in [0.25, 0.3) is 0 Å². The predicted octanol–water partition coefficient (Wildman–Crippen LogP) is 3.30. The van der Waals surface area contributed by atoms with Crippen LogP contribution in [0.5, 0.6) is 0 Å². The van der Waals surface area contributed by atoms with Gasteiger partial charge in [0.1, 0.15) is 0 Å². The summed E-state index contributed by atoms with van der Waals surface area (Å²) in [5.41, 5.74) is 1.38. The minimum atomic E-state index is 0.0129. The minimum absolute atomic E-state index is 0.0129. The molecule has 1 amide bonds. The monoisotopic (exact) mass is 323 g/mol. The molecular formula is C16H18ClNO2S. The number of thioether (sulfide) groups is 1. The SMILES string of the molecule is O=C(Nc1cc(C#CCCO)ccc1Cl)C1CCCCS1. The molecule has 3 nitrogen and oxygen atoms in total. The normalized spacial score (nSPS) is 17.7. The molecule has 0 spiro atoms. The van der Waals surface area contributed by atoms with Gasteiger partial charge in [-0.25, -0.2) is 0 Å². The lowest BCUT2D eigenvalue weighted by molar-refractivity contribution is -0.115. The van der Waals surface area contributed by atoms with E-state index in [1.165, 1.54) is 6.42 Å². The lowest BCUT2D eigenvalue weighted by Gasteiger charge is -2.20. The molecule has 1 fully saturated rings. The van der Waals surface area contributed by atoms with E-state index in [1.807, 2.05) is 0 Å². The second kappa shape index (κ2) is 8.33. The average Bonchev–Trinajstić information content (AvgIpc) is 2.51. The summed E-state index contributed by atoms with van der Waals surface area (Å²) in [5, 5.41) is 12.1. The van der Waals surface area contributed by atoms with Crippen LogP contribution in [0.4, 0.5) is 5.69 Å². The summed E-state index contributed by atoms with van der Waals surface area (Å²) in [6.45, 7) is 0.0447. The molecule has 0 bridgehead atoms. The zero-order valence-electron chi connectivity index (χ0n) is 11.7. The van der Waals surface area contributed by atoms with E-state index in [1.54, 1.807) is 30.0 Å². The van der Waals surface area contributed by atoms with Crippen LogP contribution in [-0.2, 0) is 4.79 Å². The average molecular weight is 324 g/mol. The number of hydrogen-bond donors (Lipinski definition) is 2. The van der Waals surface area contributed by atoms with E-state index in [2.05, 4.69) is 17.2 Å². The third kappa shape index (κ3) is 4.96. The van der Waals surface area contributed by atoms with E-state index < -0.39 is 0 Å². The quantitative estimate of drug-likeness (QED) is 0.839. The van der Waals surface area contributed by atoms with Crippen molar-refractivity contribution in [2.45, 2.75) is 30.9 Å². The molecule has 1 aromatic rings. The largest absolute Gasteiger partial charge is 0.395 e. The fourth-order valence-electron chi connectivity index (χ4n) is 2.08. The van der Waals surface area contributed by atoms with Gasteiger partial charge in [-0.3, -0.25) is 4.79 Å². The molecule has 0 aliphatic carbocycles. The molecule has 1 aliphatic heterocycles. The number of aliphatic hydroxyl groups is 1. The number of rotatable bonds is 3. The number of benzene rings is 1. The van der Waals surface area contributed by atoms with Gasteiger partial charge in [-0.2, -0.15) is 0 Å². The highest BCUT2D eigenvalue weighted by Gasteiger charge is 2.22. The lowest BCUT2D eigenvalue weighted by Crippen LogP contribution is -2.27. The van der Waals surface area contributed by atoms with Crippen LogP contribution in [0.3, 0.4) is 0 Å². The van der Waals surface area contributed by atoms with Crippen molar-refractivity contribution in [3.05, 3.63) is 28.8 Å². The van der Waals surface area contributed by atoms with Crippen LogP contribution in [0.15, 0.2) is 18.2 Å². The van der Waals surface area contributed by atoms with Gasteiger partial charge in [0, 0.05) is 12.0 Å². The van der Waals surface area contributed by atoms with Crippen molar-refractivity contribution in [1.82, 2.24) is 0 Å². The summed E-state index contributed by atoms with van der Waals surface area (Å²) in [6.07, 6.45) is 3.64. The van der Waals surface area contributed by atoms with Crippen LogP contribution >= 0.6 is 23.4 Å². The van der Waals surface area contributed by atoms with Gasteiger partial charge in [0.05, 0.1) is 22.6 Å². The van der Waals surface area contributed by atoms with E-state index in [0.29, 0.717) is 17.1 Å². The van der Waals surface area contributed by atoms with Crippen molar-refractivity contribution in [2.75, 3.05) is 17.7 Å². The highest BCUT2D eigenvalue weighted by molar-refractivity contribution is 8.00. The Hall–Kier alpha value is -1.15. The van der Waals surface area contributed by atoms with Crippen LogP contribution in [0.1, 0.15) is 31.2 Å². The van der Waals surface area contributed by atoms with Crippen molar-refractivity contribution in [1.29, 1.82) is 0 Å². The Morgan fingerprint density at radius 2 is 2.33 bits per heavy atom. The van der Waals surface area contributed by atoms with Crippen LogP contribution in [0.2, 0.25) is 5.02 Å². The third-order valence-electron chi connectivity index (χ3n) is 3.17. The maximum absolute atomic E-state index is 12.2. The second-order valence-corrected chi connectivity index (χ2v) is 6.53. The van der Waals surface area contributed by atoms with Gasteiger partial charge in [0.2, 0.25) is 5.91 Å². The number of halogens is 1. The van der Waals surface area contributed by atoms with Crippen LogP contribution < -0.4 is 5.32 Å². The Bertz CT molecular complexity index is 559. The first-order chi connectivity index (χ1) is 10.2. The Morgan fingerprint density at radius 1 is 1.48 bits per heavy atom. The summed E-state index contributed by atoms with van der Waals surface area (Å²) in [4.78, 5) is 12.2. The van der Waals surface area contributed by atoms with E-state index in [-0.39, 0.29) is 17.8 Å². The van der Waals surface area contributed by atoms with Crippen molar-refractivity contribution < 1.29 is 9.90 Å². The Kier molecular flexibility index (Phi) is 6.44. The fourth-order valence-corrected chi connectivity index (χ4v) is 3.44. The smallest absolute Gasteiger partial charge is 0.237 e. The molecule has 1 saturated heterocycles. The lowest BCUT2D eigenvalue weighted by atomic mass is 10.1. The van der Waals surface area contributed by atoms with E-state index in [4.69, 9.17) is 16.7 Å². The van der Waals surface area contributed by atoms with E-state index in [9.17, 15) is 4.79 Å². The number of nitrogens with one attached hydrogen (secondary N) is 1. The summed E-state index contributed by atoms with van der Waals surface area (Å²) < 4.78 is 0. The van der Waals surface area contributed by atoms with Crippen molar-refractivity contribution in [3.8, 4) is 11.8 Å². The first kappa shape index (κ1) is 16.2. The molecule has 1 unspecified atom stereocenters. The zero-order valence-corrected chi connectivity index (χ0v) is 13.3. The number of anilines is 1. The summed E-state index contributed by atoms with van der Waals surface area (Å²) >= 11 is 7.84. The molecule has 112 valence electrons. The molecule has 0 aromatic heterocycles. The summed E-state index contributed by atoms with van der Waals surface area (Å²) in [5.74, 6) is 6.85. The van der Waals surface area contributed by atoms with Crippen LogP contribution in [-0.4, -0.2) is 28.6 Å². The van der Waals surface area contributed by atoms with Gasteiger partial charge < -0.3 is 10.4 Å². The fraction of sp³-hybridized carbons (Fsp3) is 0.438. The van der Waals surface area contributed by atoms with Crippen LogP contribution in [0, 0.1) is 11.8 Å².